The van der Waals surface area contributed by atoms with Crippen LogP contribution < -0.4 is 23.6 Å². The van der Waals surface area contributed by atoms with Crippen LogP contribution in [0.2, 0.25) is 10.0 Å². The van der Waals surface area contributed by atoms with Gasteiger partial charge in [0.2, 0.25) is 10.0 Å². The molecule has 0 saturated heterocycles. The Morgan fingerprint density at radius 2 is 1.50 bits per heavy atom. The number of hydrogen-bond donors (Lipinski definition) is 1. The second kappa shape index (κ2) is 6.01. The first-order valence-electron chi connectivity index (χ1n) is 3.93. The van der Waals surface area contributed by atoms with E-state index in [1.54, 1.807) is 0 Å². The molecule has 0 spiro atoms. The number of rotatable bonds is 3. The van der Waals surface area contributed by atoms with Gasteiger partial charge in [-0.2, -0.15) is 0 Å². The molecule has 96 valence electrons. The molecule has 0 aliphatic rings. The molecule has 0 amide bonds. The third-order valence-corrected chi connectivity index (χ3v) is 3.58. The molecule has 0 fully saturated rings. The van der Waals surface area contributed by atoms with Crippen molar-refractivity contribution >= 4 is 49.0 Å². The largest absolute Gasteiger partial charge is 1.00 e. The summed E-state index contributed by atoms with van der Waals surface area (Å²) in [6, 6.07) is 1.65. The molecule has 0 atom stereocenters. The standard InChI is InChI=1S/C7H7Cl2NO5S2.Li/c1-16(11,12)10-7-5(8)2-4(3-6(7)9)17(13,14)15;/h2-3,10H,1H3,(H,13,14,15);/q;+1/p-1. The number of anilines is 1. The second-order valence-electron chi connectivity index (χ2n) is 3.09. The summed E-state index contributed by atoms with van der Waals surface area (Å²) in [5.74, 6) is 0. The fourth-order valence-electron chi connectivity index (χ4n) is 0.977. The van der Waals surface area contributed by atoms with Crippen molar-refractivity contribution in [1.29, 1.82) is 0 Å². The molecular formula is C7H6Cl2LiNO5S2. The van der Waals surface area contributed by atoms with Gasteiger partial charge in [0.25, 0.3) is 0 Å². The average molecular weight is 326 g/mol. The minimum Gasteiger partial charge on any atom is -0.744 e. The molecule has 0 unspecified atom stereocenters. The van der Waals surface area contributed by atoms with Crippen LogP contribution in [0.25, 0.3) is 0 Å². The Hall–Kier alpha value is 0.0574. The molecule has 0 bridgehead atoms. The van der Waals surface area contributed by atoms with Gasteiger partial charge in [0.1, 0.15) is 10.1 Å². The zero-order valence-corrected chi connectivity index (χ0v) is 12.4. The first kappa shape index (κ1) is 18.1. The zero-order chi connectivity index (χ0) is 13.4. The number of nitrogens with one attached hydrogen (secondary N) is 1. The average Bonchev–Trinajstić information content (AvgIpc) is 2.07. The van der Waals surface area contributed by atoms with Crippen LogP contribution in [0.1, 0.15) is 0 Å². The number of benzene rings is 1. The molecule has 0 aliphatic heterocycles. The normalized spacial score (nSPS) is 11.8. The van der Waals surface area contributed by atoms with Crippen LogP contribution in [0.5, 0.6) is 0 Å². The number of hydrogen-bond acceptors (Lipinski definition) is 5. The Bertz CT molecular complexity index is 635. The summed E-state index contributed by atoms with van der Waals surface area (Å²) in [5, 5.41) is -0.560. The van der Waals surface area contributed by atoms with E-state index in [1.807, 2.05) is 4.72 Å². The van der Waals surface area contributed by atoms with Gasteiger partial charge >= 0.3 is 18.9 Å². The minimum absolute atomic E-state index is 0. The van der Waals surface area contributed by atoms with E-state index in [0.717, 1.165) is 18.4 Å². The molecule has 1 aromatic carbocycles. The van der Waals surface area contributed by atoms with Gasteiger partial charge in [0.15, 0.2) is 0 Å². The predicted molar refractivity (Wildman–Crippen MR) is 62.9 cm³/mol. The van der Waals surface area contributed by atoms with Gasteiger partial charge < -0.3 is 4.55 Å². The van der Waals surface area contributed by atoms with E-state index in [1.165, 1.54) is 0 Å². The van der Waals surface area contributed by atoms with E-state index in [0.29, 0.717) is 0 Å². The van der Waals surface area contributed by atoms with Crippen LogP contribution in [0.4, 0.5) is 5.69 Å². The third kappa shape index (κ3) is 4.97. The fraction of sp³-hybridized carbons (Fsp3) is 0.143. The SMILES string of the molecule is CS(=O)(=O)Nc1c(Cl)cc(S(=O)(=O)[O-])cc1Cl.[Li+]. The molecule has 1 rings (SSSR count). The van der Waals surface area contributed by atoms with E-state index in [2.05, 4.69) is 0 Å². The van der Waals surface area contributed by atoms with E-state index in [9.17, 15) is 21.4 Å². The summed E-state index contributed by atoms with van der Waals surface area (Å²) in [7, 11) is -8.32. The van der Waals surface area contributed by atoms with E-state index < -0.39 is 25.0 Å². The summed E-state index contributed by atoms with van der Waals surface area (Å²) in [6.45, 7) is 0. The van der Waals surface area contributed by atoms with Gasteiger partial charge in [-0.1, -0.05) is 23.2 Å². The Morgan fingerprint density at radius 1 is 1.11 bits per heavy atom. The topological polar surface area (TPSA) is 103 Å². The molecule has 0 radical (unpaired) electrons. The Balaban J connectivity index is 0.00000289. The maximum absolute atomic E-state index is 11.0. The summed E-state index contributed by atoms with van der Waals surface area (Å²) in [6.07, 6.45) is 0.873. The van der Waals surface area contributed by atoms with Gasteiger partial charge in [0, 0.05) is 0 Å². The van der Waals surface area contributed by atoms with Crippen molar-refractivity contribution in [2.24, 2.45) is 0 Å². The smallest absolute Gasteiger partial charge is 0.744 e. The molecule has 0 aliphatic carbocycles. The molecule has 1 N–H and O–H groups in total. The molecule has 0 saturated carbocycles. The third-order valence-electron chi connectivity index (χ3n) is 1.59. The van der Waals surface area contributed by atoms with E-state index >= 15 is 0 Å². The van der Waals surface area contributed by atoms with Crippen LogP contribution in [0, 0.1) is 0 Å². The van der Waals surface area contributed by atoms with Gasteiger partial charge in [-0.15, -0.1) is 0 Å². The van der Waals surface area contributed by atoms with E-state index in [4.69, 9.17) is 23.2 Å². The summed E-state index contributed by atoms with van der Waals surface area (Å²) < 4.78 is 56.1. The monoisotopic (exact) mass is 325 g/mol. The quantitative estimate of drug-likeness (QED) is 0.525. The Labute approximate surface area is 127 Å². The zero-order valence-electron chi connectivity index (χ0n) is 9.27. The fourth-order valence-corrected chi connectivity index (χ4v) is 2.92. The Morgan fingerprint density at radius 3 is 1.78 bits per heavy atom. The molecule has 11 heteroatoms. The Kier molecular flexibility index (Phi) is 6.03. The first-order valence-corrected chi connectivity index (χ1v) is 7.99. The molecule has 6 nitrogen and oxygen atoms in total. The maximum atomic E-state index is 11.0. The summed E-state index contributed by atoms with van der Waals surface area (Å²) in [4.78, 5) is -0.633. The molecule has 1 aromatic rings. The van der Waals surface area contributed by atoms with Crippen molar-refractivity contribution in [3.63, 3.8) is 0 Å². The molecule has 0 aromatic heterocycles. The maximum Gasteiger partial charge on any atom is 1.00 e. The van der Waals surface area contributed by atoms with Gasteiger partial charge in [0.05, 0.1) is 26.9 Å². The molecular weight excluding hydrogens is 320 g/mol. The van der Waals surface area contributed by atoms with Gasteiger partial charge in [-0.25, -0.2) is 16.8 Å². The predicted octanol–water partition coefficient (Wildman–Crippen LogP) is -1.73. The number of halogens is 2. The summed E-state index contributed by atoms with van der Waals surface area (Å²) in [5.41, 5.74) is -0.178. The van der Waals surface area contributed by atoms with Crippen LogP contribution in [-0.2, 0) is 20.1 Å². The second-order valence-corrected chi connectivity index (χ2v) is 7.03. The van der Waals surface area contributed by atoms with Crippen molar-refractivity contribution in [3.05, 3.63) is 22.2 Å². The van der Waals surface area contributed by atoms with Crippen molar-refractivity contribution < 1.29 is 40.2 Å². The van der Waals surface area contributed by atoms with Gasteiger partial charge in [-0.05, 0) is 12.1 Å². The molecule has 0 heterocycles. The van der Waals surface area contributed by atoms with Crippen molar-refractivity contribution in [1.82, 2.24) is 0 Å². The number of sulfonamides is 1. The van der Waals surface area contributed by atoms with Gasteiger partial charge in [-0.3, -0.25) is 4.72 Å². The van der Waals surface area contributed by atoms with Crippen LogP contribution >= 0.6 is 23.2 Å². The minimum atomic E-state index is -4.70. The summed E-state index contributed by atoms with van der Waals surface area (Å²) >= 11 is 11.3. The molecule has 18 heavy (non-hydrogen) atoms. The van der Waals surface area contributed by atoms with Crippen molar-refractivity contribution in [3.8, 4) is 0 Å². The first-order chi connectivity index (χ1) is 7.50. The van der Waals surface area contributed by atoms with E-state index in [-0.39, 0.29) is 34.6 Å². The van der Waals surface area contributed by atoms with Crippen LogP contribution in [-0.4, -0.2) is 27.6 Å². The van der Waals surface area contributed by atoms with Crippen LogP contribution in [0.15, 0.2) is 17.0 Å². The van der Waals surface area contributed by atoms with Crippen molar-refractivity contribution in [2.75, 3.05) is 11.0 Å². The van der Waals surface area contributed by atoms with Crippen molar-refractivity contribution in [2.45, 2.75) is 4.90 Å². The van der Waals surface area contributed by atoms with Crippen LogP contribution in [0.3, 0.4) is 0 Å².